The average molecular weight is 427 g/mol. The second-order valence-electron chi connectivity index (χ2n) is 9.03. The maximum absolute atomic E-state index is 12.5. The van der Waals surface area contributed by atoms with Gasteiger partial charge in [-0.1, -0.05) is 18.2 Å². The number of nitriles is 1. The molecule has 162 valence electrons. The van der Waals surface area contributed by atoms with Gasteiger partial charge in [-0.3, -0.25) is 4.79 Å². The van der Waals surface area contributed by atoms with Crippen LogP contribution in [-0.2, 0) is 11.3 Å². The number of likely N-dealkylation sites (tertiary alicyclic amines) is 1. The molecule has 3 heterocycles. The van der Waals surface area contributed by atoms with Gasteiger partial charge in [0.05, 0.1) is 22.7 Å². The zero-order valence-electron chi connectivity index (χ0n) is 18.6. The largest absolute Gasteiger partial charge is 0.369 e. The fourth-order valence-electron chi connectivity index (χ4n) is 4.93. The zero-order chi connectivity index (χ0) is 22.5. The van der Waals surface area contributed by atoms with E-state index < -0.39 is 0 Å². The standard InChI is InChI=1S/C25H26N6O/c1-16-18(12-26)5-4-6-19(16)13-27-23-22-11-20(7-8-21(22)17(2)28-29-23)31-14-25(15-31)9-10-30(3)24(25)32/h4-8,11H,9-10,13-15H2,1-3H3,(H,27,29). The smallest absolute Gasteiger partial charge is 0.232 e. The van der Waals surface area contributed by atoms with Gasteiger partial charge in [0.15, 0.2) is 5.82 Å². The molecule has 1 amide bonds. The topological polar surface area (TPSA) is 85.2 Å². The molecule has 5 rings (SSSR count). The quantitative estimate of drug-likeness (QED) is 0.688. The molecule has 2 fully saturated rings. The molecule has 0 atom stereocenters. The minimum atomic E-state index is -0.208. The molecule has 0 bridgehead atoms. The van der Waals surface area contributed by atoms with Crippen molar-refractivity contribution in [2.24, 2.45) is 5.41 Å². The highest BCUT2D eigenvalue weighted by Crippen LogP contribution is 2.43. The van der Waals surface area contributed by atoms with Gasteiger partial charge in [-0.05, 0) is 49.6 Å². The third kappa shape index (κ3) is 3.14. The van der Waals surface area contributed by atoms with Gasteiger partial charge in [0.25, 0.3) is 0 Å². The Hall–Kier alpha value is -3.66. The Bertz CT molecular complexity index is 1270. The molecule has 0 saturated carbocycles. The van der Waals surface area contributed by atoms with Crippen molar-refractivity contribution in [2.75, 3.05) is 36.9 Å². The van der Waals surface area contributed by atoms with E-state index in [2.05, 4.69) is 44.7 Å². The Morgan fingerprint density at radius 1 is 1.16 bits per heavy atom. The van der Waals surface area contributed by atoms with Crippen molar-refractivity contribution in [1.29, 1.82) is 5.26 Å². The van der Waals surface area contributed by atoms with Crippen LogP contribution in [0.1, 0.15) is 28.8 Å². The lowest BCUT2D eigenvalue weighted by Crippen LogP contribution is -2.60. The summed E-state index contributed by atoms with van der Waals surface area (Å²) in [5.41, 5.74) is 4.50. The summed E-state index contributed by atoms with van der Waals surface area (Å²) in [4.78, 5) is 16.7. The van der Waals surface area contributed by atoms with Crippen LogP contribution in [0.25, 0.3) is 10.8 Å². The molecule has 32 heavy (non-hydrogen) atoms. The molecular formula is C25H26N6O. The lowest BCUT2D eigenvalue weighted by Gasteiger charge is -2.47. The summed E-state index contributed by atoms with van der Waals surface area (Å²) < 4.78 is 0. The van der Waals surface area contributed by atoms with Crippen LogP contribution in [-0.4, -0.2) is 47.7 Å². The van der Waals surface area contributed by atoms with Crippen molar-refractivity contribution < 1.29 is 4.79 Å². The second-order valence-corrected chi connectivity index (χ2v) is 9.03. The number of nitrogens with one attached hydrogen (secondary N) is 1. The molecule has 2 saturated heterocycles. The van der Waals surface area contributed by atoms with Gasteiger partial charge in [-0.2, -0.15) is 10.4 Å². The number of anilines is 2. The highest BCUT2D eigenvalue weighted by atomic mass is 16.2. The Labute approximate surface area is 187 Å². The highest BCUT2D eigenvalue weighted by Gasteiger charge is 2.53. The van der Waals surface area contributed by atoms with Gasteiger partial charge < -0.3 is 15.1 Å². The summed E-state index contributed by atoms with van der Waals surface area (Å²) in [6, 6.07) is 14.3. The van der Waals surface area contributed by atoms with Gasteiger partial charge in [0.2, 0.25) is 5.91 Å². The number of hydrogen-bond donors (Lipinski definition) is 1. The van der Waals surface area contributed by atoms with E-state index in [1.807, 2.05) is 44.0 Å². The Balaban J connectivity index is 1.42. The van der Waals surface area contributed by atoms with Gasteiger partial charge in [-0.15, -0.1) is 5.10 Å². The van der Waals surface area contributed by atoms with E-state index in [4.69, 9.17) is 0 Å². The Kier molecular flexibility index (Phi) is 4.74. The Morgan fingerprint density at radius 3 is 2.69 bits per heavy atom. The van der Waals surface area contributed by atoms with Crippen LogP contribution in [0, 0.1) is 30.6 Å². The van der Waals surface area contributed by atoms with E-state index in [-0.39, 0.29) is 11.3 Å². The van der Waals surface area contributed by atoms with E-state index in [1.54, 1.807) is 0 Å². The minimum absolute atomic E-state index is 0.208. The lowest BCUT2D eigenvalue weighted by atomic mass is 9.78. The number of nitrogens with zero attached hydrogens (tertiary/aromatic N) is 5. The van der Waals surface area contributed by atoms with Crippen LogP contribution in [0.4, 0.5) is 11.5 Å². The number of fused-ring (bicyclic) bond motifs is 1. The number of hydrogen-bond acceptors (Lipinski definition) is 6. The van der Waals surface area contributed by atoms with Crippen LogP contribution < -0.4 is 10.2 Å². The van der Waals surface area contributed by atoms with E-state index in [9.17, 15) is 10.1 Å². The van der Waals surface area contributed by atoms with Crippen LogP contribution in [0.15, 0.2) is 36.4 Å². The second kappa shape index (κ2) is 7.49. The van der Waals surface area contributed by atoms with Crippen LogP contribution in [0.2, 0.25) is 0 Å². The predicted molar refractivity (Wildman–Crippen MR) is 124 cm³/mol. The van der Waals surface area contributed by atoms with Crippen molar-refractivity contribution in [3.8, 4) is 6.07 Å². The van der Waals surface area contributed by atoms with Crippen LogP contribution >= 0.6 is 0 Å². The predicted octanol–water partition coefficient (Wildman–Crippen LogP) is 3.40. The summed E-state index contributed by atoms with van der Waals surface area (Å²) in [5.74, 6) is 0.995. The number of carbonyl (C=O) groups excluding carboxylic acids is 1. The van der Waals surface area contributed by atoms with Crippen molar-refractivity contribution in [3.63, 3.8) is 0 Å². The molecule has 0 aliphatic carbocycles. The maximum atomic E-state index is 12.5. The fourth-order valence-corrected chi connectivity index (χ4v) is 4.93. The summed E-state index contributed by atoms with van der Waals surface area (Å²) in [6.45, 7) is 6.87. The molecule has 1 N–H and O–H groups in total. The number of aryl methyl sites for hydroxylation is 1. The van der Waals surface area contributed by atoms with E-state index in [0.29, 0.717) is 12.1 Å². The fraction of sp³-hybridized carbons (Fsp3) is 0.360. The first-order chi connectivity index (χ1) is 15.4. The number of carbonyl (C=O) groups is 1. The maximum Gasteiger partial charge on any atom is 0.232 e. The molecule has 7 nitrogen and oxygen atoms in total. The van der Waals surface area contributed by atoms with Gasteiger partial charge >= 0.3 is 0 Å². The molecule has 2 aliphatic heterocycles. The number of aromatic nitrogens is 2. The molecule has 0 radical (unpaired) electrons. The summed E-state index contributed by atoms with van der Waals surface area (Å²) in [6.07, 6.45) is 0.935. The first kappa shape index (κ1) is 20.3. The van der Waals surface area contributed by atoms with Gasteiger partial charge in [0, 0.05) is 49.7 Å². The van der Waals surface area contributed by atoms with Crippen molar-refractivity contribution in [2.45, 2.75) is 26.8 Å². The number of rotatable bonds is 4. The monoisotopic (exact) mass is 426 g/mol. The van der Waals surface area contributed by atoms with E-state index >= 15 is 0 Å². The SMILES string of the molecule is Cc1c(C#N)cccc1CNc1nnc(C)c2ccc(N3CC4(CCN(C)C4=O)C3)cc12. The molecule has 2 aliphatic rings. The third-order valence-corrected chi connectivity index (χ3v) is 7.04. The number of benzene rings is 2. The molecule has 2 aromatic carbocycles. The molecule has 1 spiro atoms. The first-order valence-corrected chi connectivity index (χ1v) is 10.9. The van der Waals surface area contributed by atoms with E-state index in [1.165, 1.54) is 0 Å². The molecule has 3 aromatic rings. The molecule has 7 heteroatoms. The van der Waals surface area contributed by atoms with E-state index in [0.717, 1.165) is 65.2 Å². The van der Waals surface area contributed by atoms with Gasteiger partial charge in [0.1, 0.15) is 0 Å². The lowest BCUT2D eigenvalue weighted by molar-refractivity contribution is -0.136. The molecular weight excluding hydrogens is 400 g/mol. The van der Waals surface area contributed by atoms with Gasteiger partial charge in [-0.25, -0.2) is 0 Å². The normalized spacial score (nSPS) is 17.0. The highest BCUT2D eigenvalue weighted by molar-refractivity contribution is 5.96. The summed E-state index contributed by atoms with van der Waals surface area (Å²) in [7, 11) is 1.89. The van der Waals surface area contributed by atoms with Crippen LogP contribution in [0.3, 0.4) is 0 Å². The summed E-state index contributed by atoms with van der Waals surface area (Å²) >= 11 is 0. The van der Waals surface area contributed by atoms with Crippen molar-refractivity contribution in [1.82, 2.24) is 15.1 Å². The van der Waals surface area contributed by atoms with Crippen molar-refractivity contribution >= 4 is 28.2 Å². The zero-order valence-corrected chi connectivity index (χ0v) is 18.6. The third-order valence-electron chi connectivity index (χ3n) is 7.04. The number of amides is 1. The van der Waals surface area contributed by atoms with Crippen LogP contribution in [0.5, 0.6) is 0 Å². The first-order valence-electron chi connectivity index (χ1n) is 10.9. The van der Waals surface area contributed by atoms with Crippen molar-refractivity contribution in [3.05, 3.63) is 58.8 Å². The average Bonchev–Trinajstić information content (AvgIpc) is 3.08. The Morgan fingerprint density at radius 2 is 1.97 bits per heavy atom. The minimum Gasteiger partial charge on any atom is -0.369 e. The summed E-state index contributed by atoms with van der Waals surface area (Å²) in [5, 5.41) is 23.5. The molecule has 1 aromatic heterocycles. The molecule has 0 unspecified atom stereocenters.